The topological polar surface area (TPSA) is 60.4 Å². The van der Waals surface area contributed by atoms with Crippen LogP contribution in [0.25, 0.3) is 0 Å². The van der Waals surface area contributed by atoms with Crippen molar-refractivity contribution in [2.24, 2.45) is 0 Å². The number of rotatable bonds is 4. The monoisotopic (exact) mass is 242 g/mol. The van der Waals surface area contributed by atoms with Gasteiger partial charge in [0.2, 0.25) is 0 Å². The van der Waals surface area contributed by atoms with Crippen molar-refractivity contribution in [3.05, 3.63) is 35.4 Å². The van der Waals surface area contributed by atoms with Crippen molar-refractivity contribution in [1.29, 1.82) is 0 Å². The summed E-state index contributed by atoms with van der Waals surface area (Å²) >= 11 is 0. The smallest absolute Gasteiger partial charge is 0.309 e. The molecule has 0 aliphatic heterocycles. The summed E-state index contributed by atoms with van der Waals surface area (Å²) in [5.41, 5.74) is 1.44. The zero-order chi connectivity index (χ0) is 12.2. The number of esters is 1. The molecular formula is C11H14O4S. The van der Waals surface area contributed by atoms with Crippen molar-refractivity contribution < 1.29 is 17.9 Å². The first-order valence-corrected chi connectivity index (χ1v) is 6.79. The third-order valence-corrected chi connectivity index (χ3v) is 2.85. The average molecular weight is 242 g/mol. The number of hydrogen-bond acceptors (Lipinski definition) is 4. The summed E-state index contributed by atoms with van der Waals surface area (Å²) in [6.45, 7) is 0. The Morgan fingerprint density at radius 1 is 1.31 bits per heavy atom. The molecule has 88 valence electrons. The van der Waals surface area contributed by atoms with Crippen molar-refractivity contribution in [2.45, 2.75) is 12.2 Å². The summed E-state index contributed by atoms with van der Waals surface area (Å²) in [7, 11) is -1.72. The number of carbonyl (C=O) groups is 1. The summed E-state index contributed by atoms with van der Waals surface area (Å²) in [5.74, 6) is -0.348. The largest absolute Gasteiger partial charge is 0.469 e. The molecule has 0 spiro atoms. The minimum absolute atomic E-state index is 0.0119. The minimum Gasteiger partial charge on any atom is -0.469 e. The zero-order valence-corrected chi connectivity index (χ0v) is 10.1. The molecular weight excluding hydrogens is 228 g/mol. The third kappa shape index (κ3) is 4.44. The molecule has 0 heterocycles. The Balaban J connectivity index is 2.83. The lowest BCUT2D eigenvalue weighted by Gasteiger charge is -2.03. The number of ether oxygens (including phenoxy) is 1. The van der Waals surface area contributed by atoms with Gasteiger partial charge in [-0.25, -0.2) is 8.42 Å². The second-order valence-corrected chi connectivity index (χ2v) is 5.78. The SMILES string of the molecule is COC(=O)Cc1cccc(CS(C)(=O)=O)c1. The molecule has 0 radical (unpaired) electrons. The van der Waals surface area contributed by atoms with Gasteiger partial charge in [-0.2, -0.15) is 0 Å². The molecule has 0 unspecified atom stereocenters. The molecule has 0 aliphatic rings. The lowest BCUT2D eigenvalue weighted by Crippen LogP contribution is -2.06. The van der Waals surface area contributed by atoms with Crippen LogP contribution in [-0.2, 0) is 31.5 Å². The van der Waals surface area contributed by atoms with E-state index in [1.807, 2.05) is 0 Å². The molecule has 1 aromatic rings. The Kier molecular flexibility index (Phi) is 4.06. The van der Waals surface area contributed by atoms with Gasteiger partial charge < -0.3 is 4.74 Å². The number of hydrogen-bond donors (Lipinski definition) is 0. The maximum atomic E-state index is 11.1. The Morgan fingerprint density at radius 3 is 2.50 bits per heavy atom. The molecule has 5 heteroatoms. The van der Waals surface area contributed by atoms with Crippen LogP contribution in [0.15, 0.2) is 24.3 Å². The lowest BCUT2D eigenvalue weighted by atomic mass is 10.1. The molecule has 0 saturated heterocycles. The summed E-state index contributed by atoms with van der Waals surface area (Å²) in [6.07, 6.45) is 1.34. The van der Waals surface area contributed by atoms with Crippen molar-refractivity contribution in [3.63, 3.8) is 0 Å². The quantitative estimate of drug-likeness (QED) is 0.737. The van der Waals surface area contributed by atoms with Crippen LogP contribution in [0.3, 0.4) is 0 Å². The molecule has 0 atom stereocenters. The lowest BCUT2D eigenvalue weighted by molar-refractivity contribution is -0.139. The molecule has 4 nitrogen and oxygen atoms in total. The van der Waals surface area contributed by atoms with E-state index in [4.69, 9.17) is 0 Å². The van der Waals surface area contributed by atoms with E-state index < -0.39 is 9.84 Å². The highest BCUT2D eigenvalue weighted by Gasteiger charge is 2.07. The van der Waals surface area contributed by atoms with Crippen LogP contribution >= 0.6 is 0 Å². The van der Waals surface area contributed by atoms with Crippen LogP contribution in [0.2, 0.25) is 0 Å². The highest BCUT2D eigenvalue weighted by Crippen LogP contribution is 2.09. The fourth-order valence-corrected chi connectivity index (χ4v) is 2.16. The first-order chi connectivity index (χ1) is 7.40. The van der Waals surface area contributed by atoms with E-state index in [0.717, 1.165) is 5.56 Å². The maximum absolute atomic E-state index is 11.1. The zero-order valence-electron chi connectivity index (χ0n) is 9.26. The van der Waals surface area contributed by atoms with E-state index in [1.165, 1.54) is 13.4 Å². The summed E-state index contributed by atoms with van der Waals surface area (Å²) in [6, 6.07) is 6.93. The molecule has 0 bridgehead atoms. The van der Waals surface area contributed by atoms with E-state index in [9.17, 15) is 13.2 Å². The van der Waals surface area contributed by atoms with Gasteiger partial charge in [0.25, 0.3) is 0 Å². The van der Waals surface area contributed by atoms with Gasteiger partial charge in [-0.05, 0) is 11.1 Å². The van der Waals surface area contributed by atoms with Crippen molar-refractivity contribution in [2.75, 3.05) is 13.4 Å². The number of methoxy groups -OCH3 is 1. The van der Waals surface area contributed by atoms with E-state index in [-0.39, 0.29) is 18.1 Å². The van der Waals surface area contributed by atoms with Gasteiger partial charge in [-0.15, -0.1) is 0 Å². The molecule has 0 aliphatic carbocycles. The van der Waals surface area contributed by atoms with Gasteiger partial charge in [-0.3, -0.25) is 4.79 Å². The molecule has 0 N–H and O–H groups in total. The summed E-state index contributed by atoms with van der Waals surface area (Å²) in [5, 5.41) is 0. The highest BCUT2D eigenvalue weighted by atomic mass is 32.2. The fraction of sp³-hybridized carbons (Fsp3) is 0.364. The van der Waals surface area contributed by atoms with Gasteiger partial charge in [0.15, 0.2) is 9.84 Å². The van der Waals surface area contributed by atoms with Gasteiger partial charge in [0, 0.05) is 6.26 Å². The molecule has 1 aromatic carbocycles. The van der Waals surface area contributed by atoms with Gasteiger partial charge in [0.05, 0.1) is 19.3 Å². The van der Waals surface area contributed by atoms with Crippen LogP contribution in [0.5, 0.6) is 0 Å². The van der Waals surface area contributed by atoms with E-state index in [2.05, 4.69) is 4.74 Å². The average Bonchev–Trinajstić information content (AvgIpc) is 2.15. The third-order valence-electron chi connectivity index (χ3n) is 2.00. The van der Waals surface area contributed by atoms with Gasteiger partial charge in [0.1, 0.15) is 0 Å². The normalized spacial score (nSPS) is 11.1. The predicted molar refractivity (Wildman–Crippen MR) is 60.7 cm³/mol. The summed E-state index contributed by atoms with van der Waals surface area (Å²) in [4.78, 5) is 11.0. The minimum atomic E-state index is -3.04. The standard InChI is InChI=1S/C11H14O4S/c1-15-11(12)7-9-4-3-5-10(6-9)8-16(2,13)14/h3-6H,7-8H2,1-2H3. The maximum Gasteiger partial charge on any atom is 0.309 e. The first kappa shape index (κ1) is 12.7. The van der Waals surface area contributed by atoms with Gasteiger partial charge >= 0.3 is 5.97 Å². The molecule has 0 fully saturated rings. The Morgan fingerprint density at radius 2 is 1.94 bits per heavy atom. The Bertz CT molecular complexity index is 477. The first-order valence-electron chi connectivity index (χ1n) is 4.73. The Hall–Kier alpha value is -1.36. The molecule has 0 aromatic heterocycles. The van der Waals surface area contributed by atoms with Crippen molar-refractivity contribution >= 4 is 15.8 Å². The fourth-order valence-electron chi connectivity index (χ4n) is 1.37. The highest BCUT2D eigenvalue weighted by molar-refractivity contribution is 7.89. The Labute approximate surface area is 95.2 Å². The second kappa shape index (κ2) is 5.12. The van der Waals surface area contributed by atoms with Crippen LogP contribution in [0.4, 0.5) is 0 Å². The number of sulfone groups is 1. The number of carbonyl (C=O) groups excluding carboxylic acids is 1. The van der Waals surface area contributed by atoms with Crippen molar-refractivity contribution in [1.82, 2.24) is 0 Å². The van der Waals surface area contributed by atoms with E-state index >= 15 is 0 Å². The van der Waals surface area contributed by atoms with Crippen LogP contribution in [0.1, 0.15) is 11.1 Å². The number of benzene rings is 1. The van der Waals surface area contributed by atoms with E-state index in [1.54, 1.807) is 24.3 Å². The molecule has 16 heavy (non-hydrogen) atoms. The van der Waals surface area contributed by atoms with Crippen LogP contribution in [-0.4, -0.2) is 27.8 Å². The molecule has 1 rings (SSSR count). The molecule has 0 saturated carbocycles. The van der Waals surface area contributed by atoms with E-state index in [0.29, 0.717) is 5.56 Å². The predicted octanol–water partition coefficient (Wildman–Crippen LogP) is 0.947. The van der Waals surface area contributed by atoms with Crippen LogP contribution in [0, 0.1) is 0 Å². The van der Waals surface area contributed by atoms with Gasteiger partial charge in [-0.1, -0.05) is 24.3 Å². The van der Waals surface area contributed by atoms with Crippen molar-refractivity contribution in [3.8, 4) is 0 Å². The van der Waals surface area contributed by atoms with Crippen LogP contribution < -0.4 is 0 Å². The summed E-state index contributed by atoms with van der Waals surface area (Å²) < 4.78 is 26.7. The molecule has 0 amide bonds. The second-order valence-electron chi connectivity index (χ2n) is 3.64.